The fourth-order valence-corrected chi connectivity index (χ4v) is 4.88. The Balaban J connectivity index is 1.33. The number of aromatic nitrogens is 1. The number of aliphatic hydroxyl groups excluding tert-OH is 1. The van der Waals surface area contributed by atoms with Crippen LogP contribution in [0.15, 0.2) is 102 Å². The maximum atomic E-state index is 12.9. The van der Waals surface area contributed by atoms with Crippen molar-refractivity contribution in [1.82, 2.24) is 4.57 Å². The predicted molar refractivity (Wildman–Crippen MR) is 139 cm³/mol. The molecule has 0 saturated heterocycles. The van der Waals surface area contributed by atoms with E-state index in [1.807, 2.05) is 42.6 Å². The minimum atomic E-state index is -0.445. The maximum absolute atomic E-state index is 12.9. The average molecular weight is 451 g/mol. The van der Waals surface area contributed by atoms with Crippen molar-refractivity contribution in [2.45, 2.75) is 44.4 Å². The van der Waals surface area contributed by atoms with Gasteiger partial charge in [-0.1, -0.05) is 85.6 Å². The van der Waals surface area contributed by atoms with Gasteiger partial charge in [-0.2, -0.15) is 0 Å². The average Bonchev–Trinajstić information content (AvgIpc) is 2.89. The van der Waals surface area contributed by atoms with Crippen LogP contribution in [0.25, 0.3) is 22.3 Å². The van der Waals surface area contributed by atoms with E-state index in [0.717, 1.165) is 42.5 Å². The van der Waals surface area contributed by atoms with E-state index in [1.165, 1.54) is 16.7 Å². The number of nitrogens with zero attached hydrogens (tertiary/aromatic N) is 1. The summed E-state index contributed by atoms with van der Waals surface area (Å²) in [5.74, 6) is 0. The van der Waals surface area contributed by atoms with E-state index in [0.29, 0.717) is 6.54 Å². The van der Waals surface area contributed by atoms with E-state index in [2.05, 4.69) is 53.8 Å². The third kappa shape index (κ3) is 4.82. The summed E-state index contributed by atoms with van der Waals surface area (Å²) < 4.78 is 1.71. The highest BCUT2D eigenvalue weighted by Crippen LogP contribution is 2.30. The largest absolute Gasteiger partial charge is 0.391 e. The summed E-state index contributed by atoms with van der Waals surface area (Å²) in [6, 6.07) is 30.6. The first-order chi connectivity index (χ1) is 16.7. The first kappa shape index (κ1) is 22.2. The van der Waals surface area contributed by atoms with Crippen LogP contribution in [0.2, 0.25) is 0 Å². The molecule has 172 valence electrons. The SMILES string of the molecule is O=c1cc(-c2ccccc2NCc2ccc(-c3ccccc3)cc2)ccn1[C@H]1CCCC[C@@H]1O. The third-order valence-corrected chi connectivity index (χ3v) is 6.78. The zero-order chi connectivity index (χ0) is 23.3. The van der Waals surface area contributed by atoms with Crippen molar-refractivity contribution >= 4 is 5.69 Å². The molecule has 1 aromatic heterocycles. The van der Waals surface area contributed by atoms with Crippen molar-refractivity contribution in [3.05, 3.63) is 113 Å². The van der Waals surface area contributed by atoms with Crippen molar-refractivity contribution in [3.8, 4) is 22.3 Å². The van der Waals surface area contributed by atoms with E-state index in [9.17, 15) is 9.90 Å². The van der Waals surface area contributed by atoms with Gasteiger partial charge in [0.2, 0.25) is 0 Å². The zero-order valence-electron chi connectivity index (χ0n) is 19.2. The maximum Gasteiger partial charge on any atom is 0.251 e. The van der Waals surface area contributed by atoms with Gasteiger partial charge in [0.1, 0.15) is 0 Å². The number of nitrogens with one attached hydrogen (secondary N) is 1. The Labute approximate surface area is 200 Å². The smallest absolute Gasteiger partial charge is 0.251 e. The second kappa shape index (κ2) is 10.1. The highest BCUT2D eigenvalue weighted by atomic mass is 16.3. The number of hydrogen-bond acceptors (Lipinski definition) is 3. The Morgan fingerprint density at radius 1 is 0.794 bits per heavy atom. The van der Waals surface area contributed by atoms with E-state index in [1.54, 1.807) is 10.6 Å². The summed E-state index contributed by atoms with van der Waals surface area (Å²) in [4.78, 5) is 12.9. The van der Waals surface area contributed by atoms with Gasteiger partial charge >= 0.3 is 0 Å². The molecule has 0 aliphatic heterocycles. The molecule has 3 aromatic carbocycles. The summed E-state index contributed by atoms with van der Waals surface area (Å²) in [5, 5.41) is 13.9. The van der Waals surface area contributed by atoms with Crippen LogP contribution in [0.1, 0.15) is 37.3 Å². The molecule has 34 heavy (non-hydrogen) atoms. The van der Waals surface area contributed by atoms with Crippen LogP contribution >= 0.6 is 0 Å². The predicted octanol–water partition coefficient (Wildman–Crippen LogP) is 6.27. The first-order valence-electron chi connectivity index (χ1n) is 12.1. The van der Waals surface area contributed by atoms with Gasteiger partial charge in [0.25, 0.3) is 5.56 Å². The Morgan fingerprint density at radius 3 is 2.26 bits per heavy atom. The van der Waals surface area contributed by atoms with Crippen molar-refractivity contribution in [2.75, 3.05) is 5.32 Å². The minimum Gasteiger partial charge on any atom is -0.391 e. The van der Waals surface area contributed by atoms with E-state index < -0.39 is 6.10 Å². The van der Waals surface area contributed by atoms with Crippen molar-refractivity contribution in [3.63, 3.8) is 0 Å². The number of rotatable bonds is 6. The lowest BCUT2D eigenvalue weighted by atomic mass is 9.92. The van der Waals surface area contributed by atoms with Crippen LogP contribution in [0, 0.1) is 0 Å². The van der Waals surface area contributed by atoms with Gasteiger partial charge in [0.15, 0.2) is 0 Å². The minimum absolute atomic E-state index is 0.0604. The molecule has 4 aromatic rings. The molecule has 1 heterocycles. The van der Waals surface area contributed by atoms with Crippen LogP contribution in [0.3, 0.4) is 0 Å². The number of hydrogen-bond donors (Lipinski definition) is 2. The molecule has 4 nitrogen and oxygen atoms in total. The number of anilines is 1. The van der Waals surface area contributed by atoms with Gasteiger partial charge in [-0.15, -0.1) is 0 Å². The first-order valence-corrected chi connectivity index (χ1v) is 12.1. The van der Waals surface area contributed by atoms with Crippen molar-refractivity contribution < 1.29 is 5.11 Å². The molecule has 0 spiro atoms. The fourth-order valence-electron chi connectivity index (χ4n) is 4.88. The lowest BCUT2D eigenvalue weighted by molar-refractivity contribution is 0.0738. The van der Waals surface area contributed by atoms with E-state index in [-0.39, 0.29) is 11.6 Å². The third-order valence-electron chi connectivity index (χ3n) is 6.78. The highest BCUT2D eigenvalue weighted by Gasteiger charge is 2.25. The summed E-state index contributed by atoms with van der Waals surface area (Å²) >= 11 is 0. The quantitative estimate of drug-likeness (QED) is 0.364. The summed E-state index contributed by atoms with van der Waals surface area (Å²) in [6.45, 7) is 0.692. The van der Waals surface area contributed by atoms with Crippen LogP contribution in [0.4, 0.5) is 5.69 Å². The molecule has 2 atom stereocenters. The highest BCUT2D eigenvalue weighted by molar-refractivity contribution is 5.77. The molecule has 4 heteroatoms. The molecular formula is C30H30N2O2. The fraction of sp³-hybridized carbons (Fsp3) is 0.233. The second-order valence-electron chi connectivity index (χ2n) is 9.04. The Hall–Kier alpha value is -3.63. The van der Waals surface area contributed by atoms with Gasteiger partial charge in [0.05, 0.1) is 12.1 Å². The van der Waals surface area contributed by atoms with Gasteiger partial charge < -0.3 is 15.0 Å². The topological polar surface area (TPSA) is 54.3 Å². The standard InChI is InChI=1S/C30H30N2O2/c33-29-13-7-6-12-28(29)32-19-18-25(20-30(32)34)26-10-4-5-11-27(26)31-21-22-14-16-24(17-15-22)23-8-2-1-3-9-23/h1-5,8-11,14-20,28-29,31,33H,6-7,12-13,21H2/t28-,29-/m0/s1. The van der Waals surface area contributed by atoms with E-state index >= 15 is 0 Å². The molecule has 1 aliphatic carbocycles. The molecule has 0 unspecified atom stereocenters. The molecule has 1 aliphatic rings. The second-order valence-corrected chi connectivity index (χ2v) is 9.04. The molecule has 0 bridgehead atoms. The van der Waals surface area contributed by atoms with Crippen LogP contribution in [-0.2, 0) is 6.54 Å². The van der Waals surface area contributed by atoms with E-state index in [4.69, 9.17) is 0 Å². The Bertz CT molecular complexity index is 1300. The monoisotopic (exact) mass is 450 g/mol. The zero-order valence-corrected chi connectivity index (χ0v) is 19.2. The normalized spacial score (nSPS) is 17.9. The van der Waals surface area contributed by atoms with Gasteiger partial charge in [0, 0.05) is 30.1 Å². The van der Waals surface area contributed by atoms with Gasteiger partial charge in [-0.3, -0.25) is 4.79 Å². The molecule has 2 N–H and O–H groups in total. The summed E-state index contributed by atoms with van der Waals surface area (Å²) in [6.07, 6.45) is 5.09. The summed E-state index contributed by atoms with van der Waals surface area (Å²) in [5.41, 5.74) is 6.41. The van der Waals surface area contributed by atoms with Crippen LogP contribution in [-0.4, -0.2) is 15.8 Å². The lowest BCUT2D eigenvalue weighted by Crippen LogP contribution is -2.34. The number of pyridine rings is 1. The molecule has 1 fully saturated rings. The number of aliphatic hydroxyl groups is 1. The number of benzene rings is 3. The summed E-state index contributed by atoms with van der Waals surface area (Å²) in [7, 11) is 0. The van der Waals surface area contributed by atoms with Crippen LogP contribution < -0.4 is 10.9 Å². The Morgan fingerprint density at radius 2 is 1.50 bits per heavy atom. The van der Waals surface area contributed by atoms with Gasteiger partial charge in [-0.25, -0.2) is 0 Å². The van der Waals surface area contributed by atoms with Crippen molar-refractivity contribution in [1.29, 1.82) is 0 Å². The molecule has 0 amide bonds. The number of para-hydroxylation sites is 1. The molecule has 0 radical (unpaired) electrons. The Kier molecular flexibility index (Phi) is 6.59. The molecular weight excluding hydrogens is 420 g/mol. The van der Waals surface area contributed by atoms with Gasteiger partial charge in [-0.05, 0) is 47.2 Å². The molecule has 1 saturated carbocycles. The lowest BCUT2D eigenvalue weighted by Gasteiger charge is -2.29. The molecule has 5 rings (SSSR count). The van der Waals surface area contributed by atoms with Crippen LogP contribution in [0.5, 0.6) is 0 Å². The van der Waals surface area contributed by atoms with Crippen molar-refractivity contribution in [2.24, 2.45) is 0 Å².